The minimum atomic E-state index is 0.169. The molecular formula is C13H22N4O. The van der Waals surface area contributed by atoms with Gasteiger partial charge in [-0.15, -0.1) is 0 Å². The van der Waals surface area contributed by atoms with E-state index in [4.69, 9.17) is 5.73 Å². The zero-order chi connectivity index (χ0) is 13.3. The first-order valence-electron chi connectivity index (χ1n) is 6.56. The number of nitrogens with zero attached hydrogens (tertiary/aromatic N) is 3. The van der Waals surface area contributed by atoms with Gasteiger partial charge in [-0.25, -0.2) is 0 Å². The van der Waals surface area contributed by atoms with E-state index in [2.05, 4.69) is 12.0 Å². The maximum Gasteiger partial charge on any atom is 0.224 e. The van der Waals surface area contributed by atoms with Crippen molar-refractivity contribution in [3.63, 3.8) is 0 Å². The summed E-state index contributed by atoms with van der Waals surface area (Å²) in [5.74, 6) is 0.169. The Kier molecular flexibility index (Phi) is 3.71. The molecule has 100 valence electrons. The largest absolute Gasteiger partial charge is 0.335 e. The maximum absolute atomic E-state index is 12.1. The summed E-state index contributed by atoms with van der Waals surface area (Å²) in [5.41, 5.74) is 8.90. The van der Waals surface area contributed by atoms with Gasteiger partial charge >= 0.3 is 0 Å². The van der Waals surface area contributed by atoms with E-state index in [1.165, 1.54) is 5.56 Å². The van der Waals surface area contributed by atoms with Gasteiger partial charge in [0.05, 0.1) is 11.7 Å². The highest BCUT2D eigenvalue weighted by atomic mass is 16.2. The Morgan fingerprint density at radius 2 is 2.22 bits per heavy atom. The van der Waals surface area contributed by atoms with E-state index in [9.17, 15) is 4.79 Å². The van der Waals surface area contributed by atoms with Gasteiger partial charge in [-0.2, -0.15) is 5.10 Å². The van der Waals surface area contributed by atoms with Crippen LogP contribution < -0.4 is 5.73 Å². The Hall–Kier alpha value is -1.36. The molecule has 1 aromatic heterocycles. The minimum Gasteiger partial charge on any atom is -0.335 e. The van der Waals surface area contributed by atoms with Crippen LogP contribution in [0.25, 0.3) is 0 Å². The van der Waals surface area contributed by atoms with Crippen LogP contribution in [-0.2, 0) is 11.8 Å². The molecule has 0 saturated carbocycles. The molecule has 1 atom stereocenters. The third-order valence-corrected chi connectivity index (χ3v) is 3.83. The lowest BCUT2D eigenvalue weighted by molar-refractivity contribution is -0.131. The molecule has 0 radical (unpaired) electrons. The highest BCUT2D eigenvalue weighted by molar-refractivity contribution is 5.77. The fourth-order valence-electron chi connectivity index (χ4n) is 2.90. The van der Waals surface area contributed by atoms with E-state index >= 15 is 0 Å². The normalized spacial score (nSPS) is 19.6. The minimum absolute atomic E-state index is 0.169. The van der Waals surface area contributed by atoms with Gasteiger partial charge in [-0.1, -0.05) is 0 Å². The number of amides is 1. The molecule has 5 heteroatoms. The summed E-state index contributed by atoms with van der Waals surface area (Å²) >= 11 is 0. The summed E-state index contributed by atoms with van der Waals surface area (Å²) in [6.45, 7) is 5.36. The second-order valence-corrected chi connectivity index (χ2v) is 4.99. The number of carbonyl (C=O) groups is 1. The van der Waals surface area contributed by atoms with E-state index in [1.807, 2.05) is 23.6 Å². The zero-order valence-corrected chi connectivity index (χ0v) is 11.4. The molecule has 1 aromatic rings. The molecular weight excluding hydrogens is 228 g/mol. The average molecular weight is 250 g/mol. The van der Waals surface area contributed by atoms with Crippen LogP contribution in [0.5, 0.6) is 0 Å². The Balaban J connectivity index is 2.29. The van der Waals surface area contributed by atoms with Gasteiger partial charge < -0.3 is 10.6 Å². The predicted molar refractivity (Wildman–Crippen MR) is 70.0 cm³/mol. The van der Waals surface area contributed by atoms with Crippen molar-refractivity contribution in [3.05, 3.63) is 17.0 Å². The van der Waals surface area contributed by atoms with Crippen molar-refractivity contribution < 1.29 is 4.79 Å². The van der Waals surface area contributed by atoms with E-state index in [0.29, 0.717) is 13.0 Å². The van der Waals surface area contributed by atoms with Gasteiger partial charge in [-0.05, 0) is 26.7 Å². The lowest BCUT2D eigenvalue weighted by Crippen LogP contribution is -2.32. The average Bonchev–Trinajstić information content (AvgIpc) is 2.86. The van der Waals surface area contributed by atoms with Crippen LogP contribution in [0.3, 0.4) is 0 Å². The van der Waals surface area contributed by atoms with Crippen molar-refractivity contribution in [1.82, 2.24) is 14.7 Å². The van der Waals surface area contributed by atoms with E-state index in [0.717, 1.165) is 30.8 Å². The summed E-state index contributed by atoms with van der Waals surface area (Å²) in [7, 11) is 1.95. The van der Waals surface area contributed by atoms with E-state index in [-0.39, 0.29) is 11.9 Å². The van der Waals surface area contributed by atoms with Gasteiger partial charge in [0.25, 0.3) is 0 Å². The Morgan fingerprint density at radius 3 is 2.78 bits per heavy atom. The smallest absolute Gasteiger partial charge is 0.224 e. The number of hydrogen-bond donors (Lipinski definition) is 1. The summed E-state index contributed by atoms with van der Waals surface area (Å²) in [6.07, 6.45) is 2.54. The molecule has 1 aliphatic rings. The molecule has 1 aliphatic heterocycles. The molecule has 0 bridgehead atoms. The van der Waals surface area contributed by atoms with Crippen molar-refractivity contribution >= 4 is 5.91 Å². The zero-order valence-electron chi connectivity index (χ0n) is 11.4. The Bertz CT molecular complexity index is 452. The topological polar surface area (TPSA) is 64.2 Å². The molecule has 1 unspecified atom stereocenters. The quantitative estimate of drug-likeness (QED) is 0.872. The fourth-order valence-corrected chi connectivity index (χ4v) is 2.90. The number of hydrogen-bond acceptors (Lipinski definition) is 3. The molecule has 1 saturated heterocycles. The monoisotopic (exact) mass is 250 g/mol. The lowest BCUT2D eigenvalue weighted by atomic mass is 10.0. The molecule has 5 nitrogen and oxygen atoms in total. The Morgan fingerprint density at radius 1 is 1.50 bits per heavy atom. The molecule has 2 rings (SSSR count). The molecule has 1 fully saturated rings. The molecule has 2 N–H and O–H groups in total. The first-order chi connectivity index (χ1) is 8.56. The summed E-state index contributed by atoms with van der Waals surface area (Å²) < 4.78 is 1.90. The number of aromatic nitrogens is 2. The summed E-state index contributed by atoms with van der Waals surface area (Å²) in [4.78, 5) is 14.1. The third-order valence-electron chi connectivity index (χ3n) is 3.83. The third kappa shape index (κ3) is 2.14. The van der Waals surface area contributed by atoms with Crippen molar-refractivity contribution in [2.24, 2.45) is 12.8 Å². The van der Waals surface area contributed by atoms with E-state index in [1.54, 1.807) is 0 Å². The molecule has 0 aromatic carbocycles. The van der Waals surface area contributed by atoms with Crippen LogP contribution in [0.15, 0.2) is 0 Å². The number of aryl methyl sites for hydroxylation is 2. The van der Waals surface area contributed by atoms with Crippen molar-refractivity contribution in [2.75, 3.05) is 13.1 Å². The maximum atomic E-state index is 12.1. The van der Waals surface area contributed by atoms with Crippen LogP contribution >= 0.6 is 0 Å². The van der Waals surface area contributed by atoms with Gasteiger partial charge in [0.15, 0.2) is 0 Å². The van der Waals surface area contributed by atoms with Crippen LogP contribution in [0.2, 0.25) is 0 Å². The predicted octanol–water partition coefficient (Wildman–Crippen LogP) is 1.05. The number of carbonyl (C=O) groups excluding carboxylic acids is 1. The van der Waals surface area contributed by atoms with Gasteiger partial charge in [0, 0.05) is 37.8 Å². The van der Waals surface area contributed by atoms with E-state index < -0.39 is 0 Å². The molecule has 0 aliphatic carbocycles. The van der Waals surface area contributed by atoms with Crippen molar-refractivity contribution in [3.8, 4) is 0 Å². The molecule has 18 heavy (non-hydrogen) atoms. The fraction of sp³-hybridized carbons (Fsp3) is 0.692. The highest BCUT2D eigenvalue weighted by Crippen LogP contribution is 2.35. The van der Waals surface area contributed by atoms with Gasteiger partial charge in [0.1, 0.15) is 0 Å². The van der Waals surface area contributed by atoms with Crippen LogP contribution in [0.1, 0.15) is 42.3 Å². The standard InChI is InChI=1S/C13H22N4O/c1-9-13(10(2)16(3)15-9)11-5-4-8-17(11)12(18)6-7-14/h11H,4-8,14H2,1-3H3. The highest BCUT2D eigenvalue weighted by Gasteiger charge is 2.32. The van der Waals surface area contributed by atoms with Crippen LogP contribution in [-0.4, -0.2) is 33.7 Å². The Labute approximate surface area is 108 Å². The number of nitrogens with two attached hydrogens (primary N) is 1. The van der Waals surface area contributed by atoms with Crippen LogP contribution in [0.4, 0.5) is 0 Å². The first kappa shape index (κ1) is 13.1. The second kappa shape index (κ2) is 5.10. The van der Waals surface area contributed by atoms with Crippen molar-refractivity contribution in [2.45, 2.75) is 39.2 Å². The van der Waals surface area contributed by atoms with Crippen LogP contribution in [0, 0.1) is 13.8 Å². The first-order valence-corrected chi connectivity index (χ1v) is 6.56. The number of likely N-dealkylation sites (tertiary alicyclic amines) is 1. The summed E-state index contributed by atoms with van der Waals surface area (Å²) in [5, 5.41) is 4.45. The second-order valence-electron chi connectivity index (χ2n) is 4.99. The van der Waals surface area contributed by atoms with Gasteiger partial charge in [-0.3, -0.25) is 9.48 Å². The molecule has 2 heterocycles. The summed E-state index contributed by atoms with van der Waals surface area (Å²) in [6, 6.07) is 0.192. The molecule has 0 spiro atoms. The van der Waals surface area contributed by atoms with Gasteiger partial charge in [0.2, 0.25) is 5.91 Å². The van der Waals surface area contributed by atoms with Crippen molar-refractivity contribution in [1.29, 1.82) is 0 Å². The molecule has 1 amide bonds. The lowest BCUT2D eigenvalue weighted by Gasteiger charge is -2.25. The SMILES string of the molecule is Cc1nn(C)c(C)c1C1CCCN1C(=O)CCN. The number of rotatable bonds is 3.